The van der Waals surface area contributed by atoms with Gasteiger partial charge in [0.25, 0.3) is 0 Å². The topological polar surface area (TPSA) is 49.7 Å². The second-order valence-corrected chi connectivity index (χ2v) is 22.2. The molecule has 0 spiro atoms. The number of nitrogens with zero attached hydrogens (tertiary/aromatic N) is 6. The lowest BCUT2D eigenvalue weighted by Crippen LogP contribution is -2.60. The summed E-state index contributed by atoms with van der Waals surface area (Å²) < 4.78 is 9.35. The first-order valence-electron chi connectivity index (χ1n) is 27.6. The van der Waals surface area contributed by atoms with Crippen LogP contribution in [0.4, 0.5) is 28.6 Å². The third-order valence-electron chi connectivity index (χ3n) is 18.3. The molecule has 4 fully saturated rings. The van der Waals surface area contributed by atoms with Crippen molar-refractivity contribution in [1.29, 1.82) is 0 Å². The van der Waals surface area contributed by atoms with Crippen molar-refractivity contribution < 1.29 is 4.74 Å². The maximum atomic E-state index is 6.96. The highest BCUT2D eigenvalue weighted by molar-refractivity contribution is 6.77. The number of rotatable bonds is 9. The minimum atomic E-state index is -0.106. The molecule has 0 N–H and O–H groups in total. The average molecular weight is 995 g/mol. The maximum absolute atomic E-state index is 6.96. The quantitative estimate of drug-likeness (QED) is 0.134. The summed E-state index contributed by atoms with van der Waals surface area (Å²) in [6, 6.07) is 69.8. The van der Waals surface area contributed by atoms with Gasteiger partial charge in [-0.3, -0.25) is 4.57 Å². The van der Waals surface area contributed by atoms with Crippen LogP contribution in [0, 0.1) is 23.7 Å². The maximum Gasteiger partial charge on any atom is 0.316 e. The van der Waals surface area contributed by atoms with E-state index in [1.165, 1.54) is 81.9 Å². The number of allylic oxidation sites excluding steroid dienone is 3. The number of pyridine rings is 2. The molecule has 0 atom stereocenters. The fourth-order valence-electron chi connectivity index (χ4n) is 15.4. The van der Waals surface area contributed by atoms with Gasteiger partial charge in [-0.25, -0.2) is 9.97 Å². The fourth-order valence-corrected chi connectivity index (χ4v) is 15.4. The Morgan fingerprint density at radius 3 is 2.05 bits per heavy atom. The van der Waals surface area contributed by atoms with Crippen molar-refractivity contribution in [1.82, 2.24) is 14.5 Å². The first-order chi connectivity index (χ1) is 38.1. The molecule has 0 unspecified atom stereocenters. The number of para-hydroxylation sites is 3. The van der Waals surface area contributed by atoms with Crippen molar-refractivity contribution in [2.24, 2.45) is 23.7 Å². The Morgan fingerprint density at radius 1 is 0.545 bits per heavy atom. The van der Waals surface area contributed by atoms with E-state index in [1.807, 2.05) is 12.3 Å². The Bertz CT molecular complexity index is 3980. The highest BCUT2D eigenvalue weighted by Gasteiger charge is 2.61. The molecule has 3 aliphatic heterocycles. The van der Waals surface area contributed by atoms with Gasteiger partial charge in [0.1, 0.15) is 24.0 Å². The van der Waals surface area contributed by atoms with E-state index in [4.69, 9.17) is 14.7 Å². The summed E-state index contributed by atoms with van der Waals surface area (Å²) in [5, 5.41) is 2.37. The van der Waals surface area contributed by atoms with Crippen LogP contribution in [0.2, 0.25) is 0 Å². The van der Waals surface area contributed by atoms with Gasteiger partial charge in [0.2, 0.25) is 0 Å². The van der Waals surface area contributed by atoms with E-state index >= 15 is 0 Å². The van der Waals surface area contributed by atoms with Crippen molar-refractivity contribution in [3.05, 3.63) is 247 Å². The summed E-state index contributed by atoms with van der Waals surface area (Å²) in [5.74, 6) is 8.66. The minimum absolute atomic E-state index is 0.106. The van der Waals surface area contributed by atoms with Gasteiger partial charge >= 0.3 is 6.85 Å². The number of anilines is 5. The third-order valence-corrected chi connectivity index (χ3v) is 18.3. The highest BCUT2D eigenvalue weighted by Crippen LogP contribution is 2.66. The third kappa shape index (κ3) is 6.97. The van der Waals surface area contributed by atoms with Crippen LogP contribution in [0.1, 0.15) is 43.2 Å². The Kier molecular flexibility index (Phi) is 10.2. The molecule has 3 aromatic heterocycles. The number of benzene rings is 7. The van der Waals surface area contributed by atoms with Crippen LogP contribution in [-0.4, -0.2) is 28.1 Å². The van der Waals surface area contributed by atoms with Crippen molar-refractivity contribution in [2.75, 3.05) is 21.3 Å². The molecule has 6 heterocycles. The molecule has 77 heavy (non-hydrogen) atoms. The van der Waals surface area contributed by atoms with Crippen LogP contribution < -0.4 is 19.3 Å². The van der Waals surface area contributed by atoms with Crippen molar-refractivity contribution >= 4 is 63.3 Å². The molecule has 0 amide bonds. The van der Waals surface area contributed by atoms with Crippen LogP contribution in [0.5, 0.6) is 11.5 Å². The summed E-state index contributed by atoms with van der Waals surface area (Å²) in [7, 11) is 0. The molecule has 4 aliphatic carbocycles. The number of aromatic nitrogens is 3. The Balaban J connectivity index is 0.770. The number of hydrogen-bond donors (Lipinski definition) is 0. The van der Waals surface area contributed by atoms with Gasteiger partial charge in [0.05, 0.1) is 22.4 Å². The van der Waals surface area contributed by atoms with Crippen LogP contribution in [0.3, 0.4) is 0 Å². The molecule has 10 aromatic rings. The van der Waals surface area contributed by atoms with E-state index in [0.717, 1.165) is 63.1 Å². The smallest absolute Gasteiger partial charge is 0.316 e. The van der Waals surface area contributed by atoms with Gasteiger partial charge in [0.15, 0.2) is 5.82 Å². The Morgan fingerprint density at radius 2 is 1.25 bits per heavy atom. The van der Waals surface area contributed by atoms with Gasteiger partial charge < -0.3 is 19.3 Å². The summed E-state index contributed by atoms with van der Waals surface area (Å²) in [6.45, 7) is 0.730. The molecule has 7 aromatic carbocycles. The van der Waals surface area contributed by atoms with Crippen molar-refractivity contribution in [3.63, 3.8) is 0 Å². The molecule has 7 aliphatic rings. The van der Waals surface area contributed by atoms with Crippen molar-refractivity contribution in [2.45, 2.75) is 37.5 Å². The molecule has 0 saturated heterocycles. The van der Waals surface area contributed by atoms with Gasteiger partial charge in [-0.15, -0.1) is 0 Å². The largest absolute Gasteiger partial charge is 0.457 e. The molecule has 0 radical (unpaired) electrons. The lowest BCUT2D eigenvalue weighted by atomic mass is 9.33. The molecule has 7 nitrogen and oxygen atoms in total. The average Bonchev–Trinajstić information content (AvgIpc) is 4.19. The second-order valence-electron chi connectivity index (χ2n) is 22.2. The van der Waals surface area contributed by atoms with Crippen LogP contribution in [0.25, 0.3) is 56.0 Å². The first kappa shape index (κ1) is 44.4. The molecule has 17 rings (SSSR count). The molecule has 8 heteroatoms. The Labute approximate surface area is 449 Å². The highest BCUT2D eigenvalue weighted by atomic mass is 16.5. The van der Waals surface area contributed by atoms with E-state index in [2.05, 4.69) is 244 Å². The minimum Gasteiger partial charge on any atom is -0.457 e. The van der Waals surface area contributed by atoms with E-state index in [1.54, 1.807) is 5.47 Å². The molecule has 370 valence electrons. The van der Waals surface area contributed by atoms with E-state index < -0.39 is 0 Å². The predicted molar refractivity (Wildman–Crippen MR) is 315 cm³/mol. The lowest BCUT2D eigenvalue weighted by molar-refractivity contribution is -0.0408. The molecular formula is C69H55BN6O. The van der Waals surface area contributed by atoms with E-state index in [9.17, 15) is 0 Å². The number of ether oxygens (including phenoxy) is 1. The monoisotopic (exact) mass is 994 g/mol. The number of hydrogen-bond acceptors (Lipinski definition) is 6. The zero-order valence-corrected chi connectivity index (χ0v) is 42.7. The second kappa shape index (κ2) is 17.6. The first-order valence-corrected chi connectivity index (χ1v) is 27.6. The summed E-state index contributed by atoms with van der Waals surface area (Å²) in [6.07, 6.45) is 20.1. The normalized spacial score (nSPS) is 21.6. The SMILES string of the molecule is C1=CN2B(C=Cc3ccccc32)C(C2(c3ccnc(-n4c5ccccc5c5ccc(Oc6cccc(N7CN(c8c(-c9ccccc9)cccc8-c8ccccc8)c8cccnc87)c6)cc54)c3)C3CC4CC(C3)CC2C4)=C1. The fraction of sp³-hybridized carbons (Fsp3) is 0.159. The predicted octanol–water partition coefficient (Wildman–Crippen LogP) is 16.7. The van der Waals surface area contributed by atoms with E-state index in [-0.39, 0.29) is 12.3 Å². The van der Waals surface area contributed by atoms with Gasteiger partial charge in [0, 0.05) is 63.2 Å². The molecule has 4 bridgehead atoms. The Hall–Kier alpha value is -8.88. The van der Waals surface area contributed by atoms with Crippen LogP contribution in [-0.2, 0) is 5.41 Å². The zero-order chi connectivity index (χ0) is 50.6. The van der Waals surface area contributed by atoms with Gasteiger partial charge in [-0.2, -0.15) is 0 Å². The summed E-state index contributed by atoms with van der Waals surface area (Å²) >= 11 is 0. The number of fused-ring (bicyclic) bond motifs is 7. The molecular weight excluding hydrogens is 940 g/mol. The van der Waals surface area contributed by atoms with Gasteiger partial charge in [-0.1, -0.05) is 145 Å². The molecule has 4 saturated carbocycles. The summed E-state index contributed by atoms with van der Waals surface area (Å²) in [5.41, 5.74) is 15.5. The standard InChI is InChI=1S/C69H55BN6O/c1-3-15-48(16-4-1)57-23-12-24-58(49-17-5-2-6-18-49)67(57)74-45-73(68-63(74)27-13-34-72-68)54-20-11-21-55(43-54)77-56-29-30-60-59-22-8-10-26-62(59)76(64(60)44-56)66-42-51(32-35-71-66)69(52-38-46-37-47(40-52)41-53(69)39-46)65-28-14-36-75-61-25-9-7-19-50(61)31-33-70(65)75/h1-36,42-44,46-47,52-53H,37-41,45H2. The van der Waals surface area contributed by atoms with Gasteiger partial charge in [-0.05, 0) is 151 Å². The zero-order valence-electron chi connectivity index (χ0n) is 42.7. The van der Waals surface area contributed by atoms with Crippen LogP contribution in [0.15, 0.2) is 236 Å². The summed E-state index contributed by atoms with van der Waals surface area (Å²) in [4.78, 5) is 17.6. The lowest BCUT2D eigenvalue weighted by Gasteiger charge is -2.63. The van der Waals surface area contributed by atoms with Crippen LogP contribution >= 0.6 is 0 Å². The van der Waals surface area contributed by atoms with E-state index in [0.29, 0.717) is 18.5 Å². The van der Waals surface area contributed by atoms with Crippen molar-refractivity contribution in [3.8, 4) is 39.6 Å².